The molecule has 3 nitrogen and oxygen atoms in total. The van der Waals surface area contributed by atoms with E-state index >= 15 is 0 Å². The van der Waals surface area contributed by atoms with Crippen LogP contribution in [0.5, 0.6) is 0 Å². The predicted octanol–water partition coefficient (Wildman–Crippen LogP) is 7.38. The molecule has 0 radical (unpaired) electrons. The largest absolute Gasteiger partial charge is 0.309 e. The minimum atomic E-state index is 0.557. The fraction of sp³-hybridized carbons (Fsp3) is 0. The molecule has 154 valence electrons. The molecule has 0 aliphatic rings. The van der Waals surface area contributed by atoms with Crippen LogP contribution in [-0.4, -0.2) is 9.55 Å². The Balaban J connectivity index is 1.64. The van der Waals surface area contributed by atoms with Crippen molar-refractivity contribution >= 4 is 21.8 Å². The van der Waals surface area contributed by atoms with Gasteiger partial charge < -0.3 is 4.57 Å². The molecular formula is C30H19N3. The number of hydrogen-bond acceptors (Lipinski definition) is 2. The molecular weight excluding hydrogens is 402 g/mol. The lowest BCUT2D eigenvalue weighted by Gasteiger charge is -2.16. The van der Waals surface area contributed by atoms with Crippen molar-refractivity contribution in [1.82, 2.24) is 9.55 Å². The number of para-hydroxylation sites is 3. The second-order valence-electron chi connectivity index (χ2n) is 7.98. The topological polar surface area (TPSA) is 41.6 Å². The molecule has 4 aromatic carbocycles. The first-order valence-corrected chi connectivity index (χ1v) is 10.9. The molecule has 0 spiro atoms. The fourth-order valence-electron chi connectivity index (χ4n) is 4.64. The van der Waals surface area contributed by atoms with Crippen molar-refractivity contribution in [3.8, 4) is 34.1 Å². The van der Waals surface area contributed by atoms with Crippen molar-refractivity contribution < 1.29 is 0 Å². The van der Waals surface area contributed by atoms with Gasteiger partial charge in [0.15, 0.2) is 0 Å². The van der Waals surface area contributed by atoms with Gasteiger partial charge in [-0.1, -0.05) is 78.9 Å². The van der Waals surface area contributed by atoms with Crippen LogP contribution in [0.4, 0.5) is 0 Å². The molecule has 0 N–H and O–H groups in total. The highest BCUT2D eigenvalue weighted by Gasteiger charge is 2.17. The number of benzene rings is 4. The van der Waals surface area contributed by atoms with Gasteiger partial charge in [0.05, 0.1) is 28.0 Å². The van der Waals surface area contributed by atoms with E-state index in [9.17, 15) is 0 Å². The summed E-state index contributed by atoms with van der Waals surface area (Å²) < 4.78 is 2.35. The van der Waals surface area contributed by atoms with E-state index in [2.05, 4.69) is 107 Å². The highest BCUT2D eigenvalue weighted by atomic mass is 15.0. The van der Waals surface area contributed by atoms with Gasteiger partial charge >= 0.3 is 0 Å². The van der Waals surface area contributed by atoms with Gasteiger partial charge in [0.25, 0.3) is 0 Å². The maximum Gasteiger partial charge on any atom is 0.101 e. The third-order valence-electron chi connectivity index (χ3n) is 6.11. The van der Waals surface area contributed by atoms with Crippen molar-refractivity contribution in [1.29, 1.82) is 5.26 Å². The summed E-state index contributed by atoms with van der Waals surface area (Å²) in [6.07, 6.45) is 1.63. The Hall–Kier alpha value is -4.68. The predicted molar refractivity (Wildman–Crippen MR) is 134 cm³/mol. The van der Waals surface area contributed by atoms with E-state index in [-0.39, 0.29) is 0 Å². The van der Waals surface area contributed by atoms with Gasteiger partial charge in [-0.2, -0.15) is 5.26 Å². The molecule has 33 heavy (non-hydrogen) atoms. The second kappa shape index (κ2) is 7.78. The van der Waals surface area contributed by atoms with Crippen molar-refractivity contribution in [2.75, 3.05) is 0 Å². The average molecular weight is 422 g/mol. The highest BCUT2D eigenvalue weighted by Crippen LogP contribution is 2.38. The zero-order valence-corrected chi connectivity index (χ0v) is 17.8. The van der Waals surface area contributed by atoms with Gasteiger partial charge in [0.1, 0.15) is 6.07 Å². The highest BCUT2D eigenvalue weighted by molar-refractivity contribution is 6.09. The van der Waals surface area contributed by atoms with E-state index in [1.807, 2.05) is 18.2 Å². The van der Waals surface area contributed by atoms with E-state index in [0.717, 1.165) is 28.1 Å². The van der Waals surface area contributed by atoms with Gasteiger partial charge in [0, 0.05) is 28.1 Å². The summed E-state index contributed by atoms with van der Waals surface area (Å²) in [6.45, 7) is 0. The standard InChI is InChI=1S/C30H19N3/c31-19-21-17-18-27(32-20-21)23-10-2-1-9-22(23)24-11-3-6-14-28(24)33-29-15-7-4-12-25(29)26-13-5-8-16-30(26)33/h1-18,20H. The zero-order chi connectivity index (χ0) is 22.2. The monoisotopic (exact) mass is 421 g/mol. The number of hydrogen-bond donors (Lipinski definition) is 0. The van der Waals surface area contributed by atoms with Crippen LogP contribution in [0, 0.1) is 11.3 Å². The molecule has 0 fully saturated rings. The summed E-state index contributed by atoms with van der Waals surface area (Å²) in [5, 5.41) is 11.6. The third kappa shape index (κ3) is 3.09. The fourth-order valence-corrected chi connectivity index (χ4v) is 4.64. The Morgan fingerprint density at radius 2 is 1.15 bits per heavy atom. The van der Waals surface area contributed by atoms with Crippen LogP contribution in [0.1, 0.15) is 5.56 Å². The van der Waals surface area contributed by atoms with E-state index in [1.54, 1.807) is 6.20 Å². The van der Waals surface area contributed by atoms with Crippen LogP contribution in [0.3, 0.4) is 0 Å². The summed E-state index contributed by atoms with van der Waals surface area (Å²) in [5.74, 6) is 0. The van der Waals surface area contributed by atoms with E-state index < -0.39 is 0 Å². The third-order valence-corrected chi connectivity index (χ3v) is 6.11. The van der Waals surface area contributed by atoms with Crippen molar-refractivity contribution in [3.05, 3.63) is 121 Å². The summed E-state index contributed by atoms with van der Waals surface area (Å²) in [7, 11) is 0. The number of nitriles is 1. The molecule has 6 aromatic rings. The average Bonchev–Trinajstić information content (AvgIpc) is 3.23. The molecule has 0 aliphatic carbocycles. The normalized spacial score (nSPS) is 11.0. The minimum Gasteiger partial charge on any atom is -0.309 e. The molecule has 0 atom stereocenters. The van der Waals surface area contributed by atoms with E-state index in [1.165, 1.54) is 21.8 Å². The molecule has 0 saturated carbocycles. The Labute approximate surface area is 191 Å². The van der Waals surface area contributed by atoms with E-state index in [4.69, 9.17) is 5.26 Å². The first kappa shape index (κ1) is 19.0. The maximum absolute atomic E-state index is 9.15. The van der Waals surface area contributed by atoms with Crippen LogP contribution in [0.25, 0.3) is 49.9 Å². The minimum absolute atomic E-state index is 0.557. The zero-order valence-electron chi connectivity index (χ0n) is 17.8. The molecule has 0 amide bonds. The smallest absolute Gasteiger partial charge is 0.101 e. The molecule has 0 aliphatic heterocycles. The molecule has 6 rings (SSSR count). The quantitative estimate of drug-likeness (QED) is 0.299. The van der Waals surface area contributed by atoms with Crippen molar-refractivity contribution in [3.63, 3.8) is 0 Å². The molecule has 2 aromatic heterocycles. The summed E-state index contributed by atoms with van der Waals surface area (Å²) >= 11 is 0. The SMILES string of the molecule is N#Cc1ccc(-c2ccccc2-c2ccccc2-n2c3ccccc3c3ccccc32)nc1. The number of pyridine rings is 1. The Morgan fingerprint density at radius 1 is 0.576 bits per heavy atom. The molecule has 0 saturated heterocycles. The number of aromatic nitrogens is 2. The van der Waals surface area contributed by atoms with Crippen LogP contribution in [0.15, 0.2) is 115 Å². The Kier molecular flexibility index (Phi) is 4.49. The van der Waals surface area contributed by atoms with Crippen molar-refractivity contribution in [2.45, 2.75) is 0 Å². The number of rotatable bonds is 3. The van der Waals surface area contributed by atoms with Crippen LogP contribution in [-0.2, 0) is 0 Å². The van der Waals surface area contributed by atoms with E-state index in [0.29, 0.717) is 5.56 Å². The Morgan fingerprint density at radius 3 is 1.79 bits per heavy atom. The molecule has 0 bridgehead atoms. The van der Waals surface area contributed by atoms with Gasteiger partial charge in [-0.05, 0) is 35.9 Å². The summed E-state index contributed by atoms with van der Waals surface area (Å²) in [6, 6.07) is 39.8. The van der Waals surface area contributed by atoms with Crippen LogP contribution in [0.2, 0.25) is 0 Å². The first-order valence-electron chi connectivity index (χ1n) is 10.9. The maximum atomic E-state index is 9.15. The number of nitrogens with zero attached hydrogens (tertiary/aromatic N) is 3. The second-order valence-corrected chi connectivity index (χ2v) is 7.98. The van der Waals surface area contributed by atoms with Crippen LogP contribution < -0.4 is 0 Å². The Bertz CT molecular complexity index is 1610. The lowest BCUT2D eigenvalue weighted by Crippen LogP contribution is -1.98. The van der Waals surface area contributed by atoms with Gasteiger partial charge in [-0.25, -0.2) is 0 Å². The lowest BCUT2D eigenvalue weighted by molar-refractivity contribution is 1.18. The van der Waals surface area contributed by atoms with Gasteiger partial charge in [0.2, 0.25) is 0 Å². The number of fused-ring (bicyclic) bond motifs is 3. The molecule has 3 heteroatoms. The summed E-state index contributed by atoms with van der Waals surface area (Å²) in [5.41, 5.74) is 8.16. The lowest BCUT2D eigenvalue weighted by atomic mass is 9.95. The molecule has 2 heterocycles. The summed E-state index contributed by atoms with van der Waals surface area (Å²) in [4.78, 5) is 4.57. The molecule has 0 unspecified atom stereocenters. The van der Waals surface area contributed by atoms with Gasteiger partial charge in [-0.15, -0.1) is 0 Å². The first-order chi connectivity index (χ1) is 16.3. The van der Waals surface area contributed by atoms with Crippen LogP contribution >= 0.6 is 0 Å². The van der Waals surface area contributed by atoms with Crippen molar-refractivity contribution in [2.24, 2.45) is 0 Å². The van der Waals surface area contributed by atoms with Gasteiger partial charge in [-0.3, -0.25) is 4.98 Å².